The van der Waals surface area contributed by atoms with Crippen molar-refractivity contribution >= 4 is 41.1 Å². The topological polar surface area (TPSA) is 136 Å². The van der Waals surface area contributed by atoms with Crippen LogP contribution in [0.5, 0.6) is 0 Å². The Balaban J connectivity index is 1.21. The van der Waals surface area contributed by atoms with E-state index in [9.17, 15) is 24.0 Å². The van der Waals surface area contributed by atoms with Gasteiger partial charge in [-0.15, -0.1) is 0 Å². The molecule has 1 aliphatic heterocycles. The van der Waals surface area contributed by atoms with Gasteiger partial charge >= 0.3 is 12.0 Å². The first kappa shape index (κ1) is 30.1. The predicted molar refractivity (Wildman–Crippen MR) is 168 cm³/mol. The van der Waals surface area contributed by atoms with Crippen molar-refractivity contribution in [3.8, 4) is 0 Å². The van der Waals surface area contributed by atoms with Gasteiger partial charge in [0.2, 0.25) is 0 Å². The van der Waals surface area contributed by atoms with Gasteiger partial charge < -0.3 is 15.7 Å². The third kappa shape index (κ3) is 6.74. The summed E-state index contributed by atoms with van der Waals surface area (Å²) in [5, 5.41) is 14.3. The Morgan fingerprint density at radius 3 is 2.18 bits per heavy atom. The maximum Gasteiger partial charge on any atom is 0.326 e. The first-order valence-corrected chi connectivity index (χ1v) is 15.6. The molecule has 5 amide bonds. The number of hydrogen-bond donors (Lipinski definition) is 3. The molecular weight excluding hydrogens is 572 g/mol. The van der Waals surface area contributed by atoms with E-state index in [0.29, 0.717) is 34.0 Å². The number of nitrogens with zero attached hydrogens (tertiary/aromatic N) is 2. The molecule has 3 N–H and O–H groups in total. The lowest BCUT2D eigenvalue weighted by molar-refractivity contribution is -0.136. The molecule has 2 saturated carbocycles. The van der Waals surface area contributed by atoms with Gasteiger partial charge in [-0.2, -0.15) is 0 Å². The van der Waals surface area contributed by atoms with Crippen LogP contribution in [0.4, 0.5) is 16.2 Å². The molecule has 3 aromatic rings. The fourth-order valence-corrected chi connectivity index (χ4v) is 6.16. The number of carboxylic acids is 1. The van der Waals surface area contributed by atoms with Gasteiger partial charge in [0.15, 0.2) is 0 Å². The number of urea groups is 1. The lowest BCUT2D eigenvalue weighted by Gasteiger charge is -2.26. The van der Waals surface area contributed by atoms with E-state index >= 15 is 0 Å². The first-order valence-electron chi connectivity index (χ1n) is 15.6. The Hall–Kier alpha value is -4.99. The predicted octanol–water partition coefficient (Wildman–Crippen LogP) is 5.94. The van der Waals surface area contributed by atoms with Crippen LogP contribution in [0.2, 0.25) is 0 Å². The number of hydrogen-bond acceptors (Lipinski definition) is 5. The summed E-state index contributed by atoms with van der Waals surface area (Å²) in [6.45, 7) is 0.231. The zero-order valence-electron chi connectivity index (χ0n) is 25.0. The van der Waals surface area contributed by atoms with Crippen molar-refractivity contribution in [2.45, 2.75) is 69.9 Å². The van der Waals surface area contributed by atoms with Crippen molar-refractivity contribution in [3.63, 3.8) is 0 Å². The molecule has 0 bridgehead atoms. The Kier molecular flexibility index (Phi) is 8.64. The molecule has 2 aliphatic carbocycles. The number of amides is 5. The molecule has 232 valence electrons. The maximum absolute atomic E-state index is 13.8. The molecule has 10 nitrogen and oxygen atoms in total. The Morgan fingerprint density at radius 2 is 1.51 bits per heavy atom. The second-order valence-corrected chi connectivity index (χ2v) is 12.0. The van der Waals surface area contributed by atoms with Crippen molar-refractivity contribution < 1.29 is 29.1 Å². The highest BCUT2D eigenvalue weighted by molar-refractivity contribution is 6.22. The zero-order valence-corrected chi connectivity index (χ0v) is 25.0. The molecule has 3 aliphatic rings. The molecule has 2 fully saturated rings. The smallest absolute Gasteiger partial charge is 0.326 e. The second-order valence-electron chi connectivity index (χ2n) is 12.0. The summed E-state index contributed by atoms with van der Waals surface area (Å²) in [5.74, 6) is -1.45. The van der Waals surface area contributed by atoms with Crippen LogP contribution in [0.15, 0.2) is 66.7 Å². The number of carboxylic acid groups (broad SMARTS) is 1. The van der Waals surface area contributed by atoms with Crippen LogP contribution < -0.4 is 15.5 Å². The number of carbonyl (C=O) groups is 5. The Bertz CT molecular complexity index is 1620. The van der Waals surface area contributed by atoms with Crippen LogP contribution in [0.25, 0.3) is 0 Å². The van der Waals surface area contributed by atoms with Gasteiger partial charge in [0, 0.05) is 29.5 Å². The number of nitrogens with one attached hydrogen (secondary N) is 2. The van der Waals surface area contributed by atoms with Crippen LogP contribution in [0, 0.1) is 0 Å². The molecule has 0 radical (unpaired) electrons. The molecule has 0 aromatic heterocycles. The molecule has 0 spiro atoms. The Morgan fingerprint density at radius 1 is 0.822 bits per heavy atom. The molecule has 6 rings (SSSR count). The second kappa shape index (κ2) is 12.9. The lowest BCUT2D eigenvalue weighted by atomic mass is 9.84. The van der Waals surface area contributed by atoms with Crippen LogP contribution in [-0.4, -0.2) is 52.3 Å². The molecular formula is C35H36N4O6. The summed E-state index contributed by atoms with van der Waals surface area (Å²) in [6, 6.07) is 19.2. The molecule has 0 unspecified atom stereocenters. The fourth-order valence-electron chi connectivity index (χ4n) is 6.16. The van der Waals surface area contributed by atoms with Gasteiger partial charge in [-0.25, -0.2) is 4.79 Å². The minimum atomic E-state index is -0.990. The maximum atomic E-state index is 13.8. The SMILES string of the molecule is O=C(O)CCNC(=O)c1ccc(CN(C(=O)Nc2ccc3c(c2)C(=O)N(C2CC2)C3=O)c2ccc(C3CCCCC3)cc2)cc1. The number of benzene rings is 3. The molecule has 1 heterocycles. The minimum absolute atomic E-state index is 0.0295. The van der Waals surface area contributed by atoms with Crippen LogP contribution >= 0.6 is 0 Å². The normalized spacial score (nSPS) is 16.3. The number of rotatable bonds is 10. The number of imide groups is 1. The van der Waals surface area contributed by atoms with E-state index in [1.165, 1.54) is 29.7 Å². The number of anilines is 2. The highest BCUT2D eigenvalue weighted by Crippen LogP contribution is 2.36. The van der Waals surface area contributed by atoms with Gasteiger partial charge in [-0.3, -0.25) is 29.0 Å². The highest BCUT2D eigenvalue weighted by Gasteiger charge is 2.44. The quantitative estimate of drug-likeness (QED) is 0.244. The number of carbonyl (C=O) groups excluding carboxylic acids is 4. The summed E-state index contributed by atoms with van der Waals surface area (Å²) in [5.41, 5.74) is 4.18. The molecule has 45 heavy (non-hydrogen) atoms. The third-order valence-corrected chi connectivity index (χ3v) is 8.79. The largest absolute Gasteiger partial charge is 0.481 e. The monoisotopic (exact) mass is 608 g/mol. The average Bonchev–Trinajstić information content (AvgIpc) is 3.85. The van der Waals surface area contributed by atoms with E-state index < -0.39 is 12.0 Å². The summed E-state index contributed by atoms with van der Waals surface area (Å²) in [6.07, 6.45) is 7.52. The number of fused-ring (bicyclic) bond motifs is 1. The molecule has 0 atom stereocenters. The van der Waals surface area contributed by atoms with E-state index in [0.717, 1.165) is 31.2 Å². The number of aliphatic carboxylic acids is 1. The van der Waals surface area contributed by atoms with Crippen LogP contribution in [0.1, 0.15) is 99.5 Å². The summed E-state index contributed by atoms with van der Waals surface area (Å²) >= 11 is 0. The van der Waals surface area contributed by atoms with Crippen molar-refractivity contribution in [2.24, 2.45) is 0 Å². The first-order chi connectivity index (χ1) is 21.8. The van der Waals surface area contributed by atoms with E-state index in [1.54, 1.807) is 47.4 Å². The van der Waals surface area contributed by atoms with Crippen LogP contribution in [-0.2, 0) is 11.3 Å². The summed E-state index contributed by atoms with van der Waals surface area (Å²) in [4.78, 5) is 65.7. The van der Waals surface area contributed by atoms with Gasteiger partial charge in [-0.05, 0) is 85.2 Å². The third-order valence-electron chi connectivity index (χ3n) is 8.79. The Labute approximate surface area is 261 Å². The van der Waals surface area contributed by atoms with E-state index in [1.807, 2.05) is 12.1 Å². The van der Waals surface area contributed by atoms with E-state index in [-0.39, 0.29) is 43.3 Å². The molecule has 3 aromatic carbocycles. The van der Waals surface area contributed by atoms with Crippen molar-refractivity contribution in [1.82, 2.24) is 10.2 Å². The molecule has 10 heteroatoms. The lowest BCUT2D eigenvalue weighted by Crippen LogP contribution is -2.34. The molecule has 0 saturated heterocycles. The zero-order chi connectivity index (χ0) is 31.5. The summed E-state index contributed by atoms with van der Waals surface area (Å²) < 4.78 is 0. The van der Waals surface area contributed by atoms with Crippen molar-refractivity contribution in [2.75, 3.05) is 16.8 Å². The summed E-state index contributed by atoms with van der Waals surface area (Å²) in [7, 11) is 0. The van der Waals surface area contributed by atoms with Crippen LogP contribution in [0.3, 0.4) is 0 Å². The van der Waals surface area contributed by atoms with Gasteiger partial charge in [-0.1, -0.05) is 43.5 Å². The fraction of sp³-hybridized carbons (Fsp3) is 0.343. The average molecular weight is 609 g/mol. The van der Waals surface area contributed by atoms with Gasteiger partial charge in [0.1, 0.15) is 0 Å². The highest BCUT2D eigenvalue weighted by atomic mass is 16.4. The minimum Gasteiger partial charge on any atom is -0.481 e. The van der Waals surface area contributed by atoms with E-state index in [4.69, 9.17) is 5.11 Å². The van der Waals surface area contributed by atoms with E-state index in [2.05, 4.69) is 22.8 Å². The van der Waals surface area contributed by atoms with Crippen molar-refractivity contribution in [1.29, 1.82) is 0 Å². The van der Waals surface area contributed by atoms with Gasteiger partial charge in [0.25, 0.3) is 17.7 Å². The van der Waals surface area contributed by atoms with Gasteiger partial charge in [0.05, 0.1) is 24.1 Å². The van der Waals surface area contributed by atoms with Crippen molar-refractivity contribution in [3.05, 3.63) is 94.5 Å². The standard InChI is InChI=1S/C35H36N4O6/c40-31(41)18-19-36-32(42)25-8-6-22(7-9-25)21-38(27-13-10-24(11-14-27)23-4-2-1-3-5-23)35(45)37-26-12-17-29-30(20-26)34(44)39(33(29)43)28-15-16-28/h6-14,17,20,23,28H,1-5,15-16,18-19,21H2,(H,36,42)(H,37,45)(H,40,41).